The van der Waals surface area contributed by atoms with Gasteiger partial charge >= 0.3 is 0 Å². The van der Waals surface area contributed by atoms with Crippen LogP contribution in [0.2, 0.25) is 0 Å². The Morgan fingerprint density at radius 1 is 1.04 bits per heavy atom. The third-order valence-corrected chi connectivity index (χ3v) is 5.09. The Morgan fingerprint density at radius 2 is 1.81 bits per heavy atom. The van der Waals surface area contributed by atoms with E-state index in [0.29, 0.717) is 0 Å². The molecule has 2 atom stereocenters. The summed E-state index contributed by atoms with van der Waals surface area (Å²) in [6.45, 7) is 1.80. The van der Waals surface area contributed by atoms with Crippen molar-refractivity contribution in [3.63, 3.8) is 0 Å². The molecule has 0 bridgehead atoms. The minimum atomic E-state index is -0.537. The molecular formula is C23H23NO2. The van der Waals surface area contributed by atoms with Crippen molar-refractivity contribution in [2.75, 3.05) is 0 Å². The molecule has 0 saturated carbocycles. The highest BCUT2D eigenvalue weighted by molar-refractivity contribution is 5.84. The van der Waals surface area contributed by atoms with Crippen LogP contribution in [0.15, 0.2) is 66.7 Å². The first-order valence-electron chi connectivity index (χ1n) is 9.24. The molecule has 0 aromatic heterocycles. The van der Waals surface area contributed by atoms with E-state index in [4.69, 9.17) is 4.74 Å². The first-order chi connectivity index (χ1) is 12.7. The van der Waals surface area contributed by atoms with Gasteiger partial charge in [-0.05, 0) is 60.2 Å². The van der Waals surface area contributed by atoms with Crippen LogP contribution in [0, 0.1) is 0 Å². The highest BCUT2D eigenvalue weighted by Crippen LogP contribution is 2.29. The van der Waals surface area contributed by atoms with E-state index < -0.39 is 6.10 Å². The smallest absolute Gasteiger partial charge is 0.261 e. The lowest BCUT2D eigenvalue weighted by Crippen LogP contribution is -2.39. The molecular weight excluding hydrogens is 322 g/mol. The predicted molar refractivity (Wildman–Crippen MR) is 104 cm³/mol. The van der Waals surface area contributed by atoms with Crippen LogP contribution in [0.4, 0.5) is 0 Å². The van der Waals surface area contributed by atoms with Crippen LogP contribution >= 0.6 is 0 Å². The number of benzene rings is 3. The summed E-state index contributed by atoms with van der Waals surface area (Å²) in [6.07, 6.45) is 2.63. The van der Waals surface area contributed by atoms with Gasteiger partial charge in [-0.25, -0.2) is 0 Å². The van der Waals surface area contributed by atoms with Gasteiger partial charge in [0.2, 0.25) is 0 Å². The monoisotopic (exact) mass is 345 g/mol. The van der Waals surface area contributed by atoms with E-state index in [1.54, 1.807) is 6.92 Å². The molecule has 3 heteroatoms. The average molecular weight is 345 g/mol. The molecule has 0 radical (unpaired) electrons. The molecule has 1 aliphatic rings. The maximum Gasteiger partial charge on any atom is 0.261 e. The number of hydrogen-bond donors (Lipinski definition) is 1. The van der Waals surface area contributed by atoms with Crippen LogP contribution in [0.5, 0.6) is 5.75 Å². The molecule has 4 rings (SSSR count). The van der Waals surface area contributed by atoms with Crippen molar-refractivity contribution >= 4 is 16.7 Å². The van der Waals surface area contributed by atoms with Gasteiger partial charge in [0.05, 0.1) is 6.04 Å². The lowest BCUT2D eigenvalue weighted by Gasteiger charge is -2.27. The molecule has 26 heavy (non-hydrogen) atoms. The fraction of sp³-hybridized carbons (Fsp3) is 0.261. The molecule has 1 aliphatic carbocycles. The summed E-state index contributed by atoms with van der Waals surface area (Å²) in [5.41, 5.74) is 2.58. The van der Waals surface area contributed by atoms with Crippen molar-refractivity contribution in [3.8, 4) is 5.75 Å². The average Bonchev–Trinajstić information content (AvgIpc) is 2.68. The molecule has 3 aromatic rings. The highest BCUT2D eigenvalue weighted by Gasteiger charge is 2.24. The summed E-state index contributed by atoms with van der Waals surface area (Å²) < 4.78 is 5.90. The minimum Gasteiger partial charge on any atom is -0.481 e. The molecule has 0 spiro atoms. The second-order valence-corrected chi connectivity index (χ2v) is 6.92. The van der Waals surface area contributed by atoms with E-state index >= 15 is 0 Å². The molecule has 3 nitrogen and oxygen atoms in total. The highest BCUT2D eigenvalue weighted by atomic mass is 16.5. The Bertz CT molecular complexity index is 934. The fourth-order valence-corrected chi connectivity index (χ4v) is 3.69. The molecule has 0 unspecified atom stereocenters. The standard InChI is InChI=1S/C23H23NO2/c1-16(26-20-14-13-17-7-2-3-9-19(17)15-20)23(25)24-22-12-6-10-18-8-4-5-11-21(18)22/h2-5,7-9,11,13-16,22H,6,10,12H2,1H3,(H,24,25)/t16-,22-/m0/s1. The minimum absolute atomic E-state index is 0.0696. The Kier molecular flexibility index (Phi) is 4.61. The summed E-state index contributed by atoms with van der Waals surface area (Å²) in [5, 5.41) is 5.44. The topological polar surface area (TPSA) is 38.3 Å². The number of ether oxygens (including phenoxy) is 1. The van der Waals surface area contributed by atoms with E-state index in [1.807, 2.05) is 42.5 Å². The summed E-state index contributed by atoms with van der Waals surface area (Å²) in [7, 11) is 0. The molecule has 1 amide bonds. The second-order valence-electron chi connectivity index (χ2n) is 6.92. The van der Waals surface area contributed by atoms with Crippen LogP contribution in [-0.2, 0) is 11.2 Å². The van der Waals surface area contributed by atoms with Crippen molar-refractivity contribution in [2.45, 2.75) is 38.3 Å². The van der Waals surface area contributed by atoms with Gasteiger partial charge in [-0.3, -0.25) is 4.79 Å². The molecule has 0 fully saturated rings. The normalized spacial score (nSPS) is 17.3. The van der Waals surface area contributed by atoms with Crippen molar-refractivity contribution in [1.82, 2.24) is 5.32 Å². The number of aryl methyl sites for hydroxylation is 1. The van der Waals surface area contributed by atoms with Gasteiger partial charge in [-0.2, -0.15) is 0 Å². The van der Waals surface area contributed by atoms with E-state index in [9.17, 15) is 4.79 Å². The van der Waals surface area contributed by atoms with Crippen LogP contribution < -0.4 is 10.1 Å². The van der Waals surface area contributed by atoms with Gasteiger partial charge in [0, 0.05) is 0 Å². The molecule has 0 heterocycles. The van der Waals surface area contributed by atoms with Gasteiger partial charge in [0.15, 0.2) is 6.10 Å². The van der Waals surface area contributed by atoms with Crippen LogP contribution in [0.3, 0.4) is 0 Å². The third kappa shape index (κ3) is 3.43. The maximum absolute atomic E-state index is 12.7. The SMILES string of the molecule is C[C@H](Oc1ccc2ccccc2c1)C(=O)N[C@H]1CCCc2ccccc21. The summed E-state index contributed by atoms with van der Waals surface area (Å²) in [4.78, 5) is 12.7. The summed E-state index contributed by atoms with van der Waals surface area (Å²) in [5.74, 6) is 0.648. The predicted octanol–water partition coefficient (Wildman–Crippen LogP) is 4.80. The summed E-state index contributed by atoms with van der Waals surface area (Å²) in [6, 6.07) is 22.5. The molecule has 0 saturated heterocycles. The largest absolute Gasteiger partial charge is 0.481 e. The number of rotatable bonds is 4. The van der Waals surface area contributed by atoms with Crippen molar-refractivity contribution in [3.05, 3.63) is 77.9 Å². The van der Waals surface area contributed by atoms with Crippen molar-refractivity contribution in [2.24, 2.45) is 0 Å². The summed E-state index contributed by atoms with van der Waals surface area (Å²) >= 11 is 0. The maximum atomic E-state index is 12.7. The van der Waals surface area contributed by atoms with E-state index in [2.05, 4.69) is 29.6 Å². The molecule has 0 aliphatic heterocycles. The van der Waals surface area contributed by atoms with Crippen molar-refractivity contribution < 1.29 is 9.53 Å². The number of amides is 1. The van der Waals surface area contributed by atoms with Gasteiger partial charge in [0.1, 0.15) is 5.75 Å². The Morgan fingerprint density at radius 3 is 2.69 bits per heavy atom. The molecule has 132 valence electrons. The van der Waals surface area contributed by atoms with Crippen molar-refractivity contribution in [1.29, 1.82) is 0 Å². The van der Waals surface area contributed by atoms with Crippen LogP contribution in [0.1, 0.15) is 36.9 Å². The second kappa shape index (κ2) is 7.20. The Labute approximate surface area is 154 Å². The van der Waals surface area contributed by atoms with Crippen LogP contribution in [-0.4, -0.2) is 12.0 Å². The third-order valence-electron chi connectivity index (χ3n) is 5.09. The van der Waals surface area contributed by atoms with Gasteiger partial charge in [-0.1, -0.05) is 54.6 Å². The van der Waals surface area contributed by atoms with E-state index in [0.717, 1.165) is 35.8 Å². The molecule has 1 N–H and O–H groups in total. The first kappa shape index (κ1) is 16.6. The quantitative estimate of drug-likeness (QED) is 0.737. The number of hydrogen-bond acceptors (Lipinski definition) is 2. The first-order valence-corrected chi connectivity index (χ1v) is 9.24. The van der Waals surface area contributed by atoms with E-state index in [-0.39, 0.29) is 11.9 Å². The van der Waals surface area contributed by atoms with Crippen LogP contribution in [0.25, 0.3) is 10.8 Å². The number of carbonyl (C=O) groups excluding carboxylic acids is 1. The zero-order chi connectivity index (χ0) is 17.9. The van der Waals surface area contributed by atoms with Gasteiger partial charge in [0.25, 0.3) is 5.91 Å². The van der Waals surface area contributed by atoms with Gasteiger partial charge < -0.3 is 10.1 Å². The molecule has 3 aromatic carbocycles. The van der Waals surface area contributed by atoms with Gasteiger partial charge in [-0.15, -0.1) is 0 Å². The number of nitrogens with one attached hydrogen (secondary N) is 1. The van der Waals surface area contributed by atoms with E-state index in [1.165, 1.54) is 11.1 Å². The number of fused-ring (bicyclic) bond motifs is 2. The lowest BCUT2D eigenvalue weighted by molar-refractivity contribution is -0.128. The zero-order valence-electron chi connectivity index (χ0n) is 14.9. The lowest BCUT2D eigenvalue weighted by atomic mass is 9.87. The number of carbonyl (C=O) groups is 1. The Hall–Kier alpha value is -2.81. The Balaban J connectivity index is 1.45. The zero-order valence-corrected chi connectivity index (χ0v) is 14.9. The fourth-order valence-electron chi connectivity index (χ4n) is 3.69.